The second-order valence-corrected chi connectivity index (χ2v) is 4.30. The van der Waals surface area contributed by atoms with Crippen LogP contribution >= 0.6 is 0 Å². The van der Waals surface area contributed by atoms with Crippen LogP contribution in [0.25, 0.3) is 0 Å². The summed E-state index contributed by atoms with van der Waals surface area (Å²) in [5, 5.41) is 0. The normalized spacial score (nSPS) is 15.5. The Bertz CT molecular complexity index is 198. The first-order valence-electron chi connectivity index (χ1n) is 6.19. The van der Waals surface area contributed by atoms with Gasteiger partial charge in [-0.05, 0) is 44.9 Å². The molecule has 0 saturated heterocycles. The summed E-state index contributed by atoms with van der Waals surface area (Å²) in [7, 11) is 0. The molecule has 80 valence electrons. The molecule has 0 unspecified atom stereocenters. The molecule has 0 aliphatic heterocycles. The molecule has 0 spiro atoms. The predicted molar refractivity (Wildman–Crippen MR) is 64.5 cm³/mol. The van der Waals surface area contributed by atoms with Gasteiger partial charge >= 0.3 is 0 Å². The van der Waals surface area contributed by atoms with E-state index in [2.05, 4.69) is 13.5 Å². The molecule has 0 bridgehead atoms. The molecule has 0 saturated carbocycles. The molecule has 0 N–H and O–H groups in total. The first-order chi connectivity index (χ1) is 6.88. The van der Waals surface area contributed by atoms with Gasteiger partial charge in [-0.1, -0.05) is 37.0 Å². The van der Waals surface area contributed by atoms with Gasteiger partial charge < -0.3 is 0 Å². The maximum atomic E-state index is 3.74. The quantitative estimate of drug-likeness (QED) is 0.374. The van der Waals surface area contributed by atoms with Crippen LogP contribution in [0, 0.1) is 0 Å². The fourth-order valence-corrected chi connectivity index (χ4v) is 2.19. The highest BCUT2D eigenvalue weighted by Gasteiger charge is 2.13. The molecule has 0 heterocycles. The Hall–Kier alpha value is -0.520. The third kappa shape index (κ3) is 3.69. The van der Waals surface area contributed by atoms with Gasteiger partial charge in [0.15, 0.2) is 0 Å². The highest BCUT2D eigenvalue weighted by atomic mass is 14.2. The molecule has 0 aromatic heterocycles. The lowest BCUT2D eigenvalue weighted by Crippen LogP contribution is -2.03. The lowest BCUT2D eigenvalue weighted by molar-refractivity contribution is 0.610. The molecular weight excluding hydrogens is 168 g/mol. The molecule has 0 radical (unpaired) electrons. The highest BCUT2D eigenvalue weighted by molar-refractivity contribution is 5.23. The molecule has 1 aliphatic carbocycles. The van der Waals surface area contributed by atoms with Crippen molar-refractivity contribution in [1.82, 2.24) is 0 Å². The molecule has 1 aliphatic rings. The van der Waals surface area contributed by atoms with Gasteiger partial charge in [0.1, 0.15) is 0 Å². The fourth-order valence-electron chi connectivity index (χ4n) is 2.19. The van der Waals surface area contributed by atoms with Crippen molar-refractivity contribution in [1.29, 1.82) is 0 Å². The third-order valence-corrected chi connectivity index (χ3v) is 3.29. The van der Waals surface area contributed by atoms with Crippen LogP contribution in [-0.4, -0.2) is 0 Å². The van der Waals surface area contributed by atoms with Gasteiger partial charge in [-0.2, -0.15) is 0 Å². The molecule has 0 atom stereocenters. The second-order valence-electron chi connectivity index (χ2n) is 4.30. The zero-order valence-corrected chi connectivity index (χ0v) is 9.65. The number of hydrogen-bond acceptors (Lipinski definition) is 0. The Morgan fingerprint density at radius 2 is 1.79 bits per heavy atom. The van der Waals surface area contributed by atoms with Crippen molar-refractivity contribution in [3.63, 3.8) is 0 Å². The van der Waals surface area contributed by atoms with Gasteiger partial charge in [0.05, 0.1) is 0 Å². The lowest BCUT2D eigenvalue weighted by atomic mass is 9.84. The van der Waals surface area contributed by atoms with Crippen molar-refractivity contribution in [2.75, 3.05) is 0 Å². The van der Waals surface area contributed by atoms with E-state index in [4.69, 9.17) is 0 Å². The van der Waals surface area contributed by atoms with E-state index < -0.39 is 0 Å². The summed E-state index contributed by atoms with van der Waals surface area (Å²) in [5.74, 6) is 0. The van der Waals surface area contributed by atoms with Crippen LogP contribution in [0.2, 0.25) is 0 Å². The average molecular weight is 192 g/mol. The first-order valence-corrected chi connectivity index (χ1v) is 6.19. The van der Waals surface area contributed by atoms with Crippen LogP contribution < -0.4 is 0 Å². The summed E-state index contributed by atoms with van der Waals surface area (Å²) in [5.41, 5.74) is 3.55. The van der Waals surface area contributed by atoms with Crippen LogP contribution in [0.3, 0.4) is 0 Å². The van der Waals surface area contributed by atoms with Gasteiger partial charge in [-0.25, -0.2) is 0 Å². The van der Waals surface area contributed by atoms with E-state index in [1.54, 1.807) is 11.1 Å². The van der Waals surface area contributed by atoms with E-state index in [1.807, 2.05) is 6.08 Å². The fraction of sp³-hybridized carbons (Fsp3) is 0.714. The largest absolute Gasteiger partial charge is 0.103 e. The van der Waals surface area contributed by atoms with Crippen molar-refractivity contribution in [2.24, 2.45) is 0 Å². The second kappa shape index (κ2) is 6.86. The zero-order valence-electron chi connectivity index (χ0n) is 9.65. The monoisotopic (exact) mass is 192 g/mol. The SMILES string of the molecule is C=CCCCCCCC1=C(CC)CC1. The van der Waals surface area contributed by atoms with Crippen LogP contribution in [0.15, 0.2) is 23.8 Å². The van der Waals surface area contributed by atoms with Crippen LogP contribution in [-0.2, 0) is 0 Å². The predicted octanol–water partition coefficient (Wildman–Crippen LogP) is 5.01. The van der Waals surface area contributed by atoms with Gasteiger partial charge in [-0.15, -0.1) is 6.58 Å². The van der Waals surface area contributed by atoms with Crippen molar-refractivity contribution in [3.05, 3.63) is 23.8 Å². The van der Waals surface area contributed by atoms with E-state index in [1.165, 1.54) is 57.8 Å². The van der Waals surface area contributed by atoms with Gasteiger partial charge in [-0.3, -0.25) is 0 Å². The van der Waals surface area contributed by atoms with E-state index in [0.717, 1.165) is 0 Å². The molecule has 0 amide bonds. The molecule has 1 rings (SSSR count). The Kier molecular flexibility index (Phi) is 5.66. The van der Waals surface area contributed by atoms with Gasteiger partial charge in [0.2, 0.25) is 0 Å². The van der Waals surface area contributed by atoms with Crippen molar-refractivity contribution < 1.29 is 0 Å². The summed E-state index contributed by atoms with van der Waals surface area (Å²) >= 11 is 0. The Morgan fingerprint density at radius 1 is 1.07 bits per heavy atom. The van der Waals surface area contributed by atoms with Gasteiger partial charge in [0.25, 0.3) is 0 Å². The van der Waals surface area contributed by atoms with E-state index in [9.17, 15) is 0 Å². The van der Waals surface area contributed by atoms with Crippen LogP contribution in [0.5, 0.6) is 0 Å². The lowest BCUT2D eigenvalue weighted by Gasteiger charge is -2.23. The molecule has 0 aromatic carbocycles. The van der Waals surface area contributed by atoms with Crippen LogP contribution in [0.1, 0.15) is 64.7 Å². The Labute approximate surface area is 89.1 Å². The van der Waals surface area contributed by atoms with Crippen LogP contribution in [0.4, 0.5) is 0 Å². The molecule has 0 nitrogen and oxygen atoms in total. The Balaban J connectivity index is 1.96. The first kappa shape index (κ1) is 11.6. The smallest absolute Gasteiger partial charge is 0.0280 e. The summed E-state index contributed by atoms with van der Waals surface area (Å²) in [6.07, 6.45) is 14.3. The number of allylic oxidation sites excluding steroid dienone is 3. The number of rotatable bonds is 8. The molecule has 0 fully saturated rings. The summed E-state index contributed by atoms with van der Waals surface area (Å²) < 4.78 is 0. The standard InChI is InChI=1S/C14H24/c1-3-5-6-7-8-9-10-14-12-11-13(14)4-2/h3H,1,4-12H2,2H3. The van der Waals surface area contributed by atoms with Crippen molar-refractivity contribution >= 4 is 0 Å². The summed E-state index contributed by atoms with van der Waals surface area (Å²) in [6, 6.07) is 0. The minimum Gasteiger partial charge on any atom is -0.103 e. The zero-order chi connectivity index (χ0) is 10.2. The topological polar surface area (TPSA) is 0 Å². The number of hydrogen-bond donors (Lipinski definition) is 0. The molecular formula is C14H24. The maximum Gasteiger partial charge on any atom is -0.0280 e. The maximum absolute atomic E-state index is 3.74. The van der Waals surface area contributed by atoms with E-state index >= 15 is 0 Å². The molecule has 0 aromatic rings. The molecule has 0 heteroatoms. The van der Waals surface area contributed by atoms with Crippen molar-refractivity contribution in [2.45, 2.75) is 64.7 Å². The van der Waals surface area contributed by atoms with Crippen molar-refractivity contribution in [3.8, 4) is 0 Å². The minimum atomic E-state index is 1.20. The molecule has 14 heavy (non-hydrogen) atoms. The average Bonchev–Trinajstić information content (AvgIpc) is 2.15. The third-order valence-electron chi connectivity index (χ3n) is 3.29. The van der Waals surface area contributed by atoms with Gasteiger partial charge in [0, 0.05) is 0 Å². The van der Waals surface area contributed by atoms with E-state index in [-0.39, 0.29) is 0 Å². The minimum absolute atomic E-state index is 1.20. The van der Waals surface area contributed by atoms with E-state index in [0.29, 0.717) is 0 Å². The summed E-state index contributed by atoms with van der Waals surface area (Å²) in [4.78, 5) is 0. The highest BCUT2D eigenvalue weighted by Crippen LogP contribution is 2.33. The Morgan fingerprint density at radius 3 is 2.36 bits per heavy atom. The number of unbranched alkanes of at least 4 members (excludes halogenated alkanes) is 4. The summed E-state index contributed by atoms with van der Waals surface area (Å²) in [6.45, 7) is 6.03.